The standard InChI is InChI=1S/C22H29IN6O4S/c1-14-13-33-11-10-29(14)21-18-8-9-28(34(3,31)32)12-19(18)26-20(27-21)16-4-6-17(7-5-16)25-22(30)24-15(2)23/h4-7,14-15H,8-13H2,1-3H3,(H2,24,25,30). The molecule has 1 aromatic heterocycles. The molecule has 34 heavy (non-hydrogen) atoms. The van der Waals surface area contributed by atoms with Gasteiger partial charge in [0, 0.05) is 29.9 Å². The molecular formula is C22H29IN6O4S. The maximum absolute atomic E-state index is 12.2. The molecule has 2 amide bonds. The summed E-state index contributed by atoms with van der Waals surface area (Å²) in [6.45, 7) is 6.57. The zero-order chi connectivity index (χ0) is 24.5. The van der Waals surface area contributed by atoms with Gasteiger partial charge in [-0.2, -0.15) is 4.31 Å². The summed E-state index contributed by atoms with van der Waals surface area (Å²) in [7, 11) is -3.33. The summed E-state index contributed by atoms with van der Waals surface area (Å²) in [4.78, 5) is 23.9. The number of anilines is 2. The van der Waals surface area contributed by atoms with Crippen LogP contribution in [0.5, 0.6) is 0 Å². The molecule has 2 aromatic rings. The number of nitrogens with one attached hydrogen (secondary N) is 2. The number of morpholine rings is 1. The van der Waals surface area contributed by atoms with E-state index in [4.69, 9.17) is 14.7 Å². The predicted molar refractivity (Wildman–Crippen MR) is 140 cm³/mol. The molecule has 2 aliphatic heterocycles. The SMILES string of the molecule is CC(I)NC(=O)Nc1ccc(-c2nc3c(c(N4CCOCC4C)n2)CCN(S(C)(=O)=O)C3)cc1. The number of sulfonamides is 1. The van der Waals surface area contributed by atoms with E-state index < -0.39 is 10.0 Å². The number of urea groups is 1. The lowest BCUT2D eigenvalue weighted by molar-refractivity contribution is 0.0984. The van der Waals surface area contributed by atoms with E-state index in [0.29, 0.717) is 44.2 Å². The van der Waals surface area contributed by atoms with Gasteiger partial charge in [-0.15, -0.1) is 0 Å². The molecule has 1 fully saturated rings. The Labute approximate surface area is 213 Å². The van der Waals surface area contributed by atoms with Gasteiger partial charge in [0.1, 0.15) is 5.82 Å². The molecule has 0 radical (unpaired) electrons. The fraction of sp³-hybridized carbons (Fsp3) is 0.500. The minimum absolute atomic E-state index is 0.00766. The van der Waals surface area contributed by atoms with Crippen molar-refractivity contribution in [3.05, 3.63) is 35.5 Å². The second-order valence-electron chi connectivity index (χ2n) is 8.55. The lowest BCUT2D eigenvalue weighted by Gasteiger charge is -2.37. The molecule has 2 N–H and O–H groups in total. The van der Waals surface area contributed by atoms with Crippen LogP contribution < -0.4 is 15.5 Å². The lowest BCUT2D eigenvalue weighted by Crippen LogP contribution is -2.45. The first-order valence-electron chi connectivity index (χ1n) is 11.1. The average molecular weight is 600 g/mol. The van der Waals surface area contributed by atoms with Crippen molar-refractivity contribution in [1.29, 1.82) is 0 Å². The van der Waals surface area contributed by atoms with Crippen molar-refractivity contribution in [2.45, 2.75) is 36.9 Å². The van der Waals surface area contributed by atoms with E-state index in [-0.39, 0.29) is 22.7 Å². The molecule has 1 saturated heterocycles. The Balaban J connectivity index is 1.69. The predicted octanol–water partition coefficient (Wildman–Crippen LogP) is 2.59. The minimum Gasteiger partial charge on any atom is -0.377 e. The van der Waals surface area contributed by atoms with E-state index in [2.05, 4.69) is 45.0 Å². The number of carbonyl (C=O) groups is 1. The molecule has 12 heteroatoms. The quantitative estimate of drug-likeness (QED) is 0.308. The first-order valence-corrected chi connectivity index (χ1v) is 14.2. The van der Waals surface area contributed by atoms with Gasteiger partial charge in [0.25, 0.3) is 0 Å². The summed E-state index contributed by atoms with van der Waals surface area (Å²) >= 11 is 2.12. The molecular weight excluding hydrogens is 571 g/mol. The molecule has 3 heterocycles. The summed E-state index contributed by atoms with van der Waals surface area (Å²) in [6.07, 6.45) is 1.79. The Hall–Kier alpha value is -2.03. The third kappa shape index (κ3) is 5.78. The van der Waals surface area contributed by atoms with Gasteiger partial charge in [-0.05, 0) is 44.5 Å². The Morgan fingerprint density at radius 1 is 1.24 bits per heavy atom. The average Bonchev–Trinajstić information content (AvgIpc) is 2.77. The van der Waals surface area contributed by atoms with E-state index in [0.717, 1.165) is 22.6 Å². The Morgan fingerprint density at radius 3 is 2.62 bits per heavy atom. The number of alkyl halides is 1. The van der Waals surface area contributed by atoms with Gasteiger partial charge < -0.3 is 20.3 Å². The first kappa shape index (κ1) is 25.1. The van der Waals surface area contributed by atoms with Crippen molar-refractivity contribution in [3.8, 4) is 11.4 Å². The van der Waals surface area contributed by atoms with Crippen LogP contribution in [-0.2, 0) is 27.7 Å². The van der Waals surface area contributed by atoms with Gasteiger partial charge >= 0.3 is 6.03 Å². The summed E-state index contributed by atoms with van der Waals surface area (Å²) < 4.78 is 31.5. The van der Waals surface area contributed by atoms with Crippen molar-refractivity contribution >= 4 is 50.2 Å². The third-order valence-electron chi connectivity index (χ3n) is 5.85. The van der Waals surface area contributed by atoms with Crippen molar-refractivity contribution < 1.29 is 17.9 Å². The van der Waals surface area contributed by atoms with Crippen LogP contribution in [0.3, 0.4) is 0 Å². The van der Waals surface area contributed by atoms with Crippen LogP contribution in [-0.4, -0.2) is 71.4 Å². The maximum Gasteiger partial charge on any atom is 0.320 e. The fourth-order valence-electron chi connectivity index (χ4n) is 4.13. The maximum atomic E-state index is 12.2. The van der Waals surface area contributed by atoms with E-state index in [1.807, 2.05) is 19.1 Å². The molecule has 10 nitrogen and oxygen atoms in total. The summed E-state index contributed by atoms with van der Waals surface area (Å²) in [5, 5.41) is 5.58. The summed E-state index contributed by atoms with van der Waals surface area (Å²) in [6, 6.07) is 7.19. The van der Waals surface area contributed by atoms with Crippen LogP contribution in [0.4, 0.5) is 16.3 Å². The zero-order valence-electron chi connectivity index (χ0n) is 19.4. The van der Waals surface area contributed by atoms with E-state index in [9.17, 15) is 13.2 Å². The van der Waals surface area contributed by atoms with Gasteiger partial charge in [-0.1, -0.05) is 22.6 Å². The number of benzene rings is 1. The fourth-order valence-corrected chi connectivity index (χ4v) is 5.19. The Morgan fingerprint density at radius 2 is 1.97 bits per heavy atom. The smallest absolute Gasteiger partial charge is 0.320 e. The van der Waals surface area contributed by atoms with Gasteiger partial charge in [0.05, 0.1) is 41.8 Å². The zero-order valence-corrected chi connectivity index (χ0v) is 22.4. The molecule has 1 aromatic carbocycles. The topological polar surface area (TPSA) is 117 Å². The highest BCUT2D eigenvalue weighted by atomic mass is 127. The molecule has 2 aliphatic rings. The highest BCUT2D eigenvalue weighted by molar-refractivity contribution is 14.1. The largest absolute Gasteiger partial charge is 0.377 e. The van der Waals surface area contributed by atoms with Gasteiger partial charge in [0.15, 0.2) is 5.82 Å². The third-order valence-corrected chi connectivity index (χ3v) is 7.41. The molecule has 2 atom stereocenters. The van der Waals surface area contributed by atoms with Gasteiger partial charge in [0.2, 0.25) is 10.0 Å². The Kier molecular flexibility index (Phi) is 7.60. The lowest BCUT2D eigenvalue weighted by atomic mass is 10.0. The van der Waals surface area contributed by atoms with Crippen LogP contribution >= 0.6 is 22.6 Å². The molecule has 0 spiro atoms. The highest BCUT2D eigenvalue weighted by Crippen LogP contribution is 2.32. The van der Waals surface area contributed by atoms with E-state index in [1.54, 1.807) is 12.1 Å². The van der Waals surface area contributed by atoms with Crippen LogP contribution in [0.1, 0.15) is 25.1 Å². The Bertz CT molecular complexity index is 1160. The monoisotopic (exact) mass is 600 g/mol. The number of fused-ring (bicyclic) bond motifs is 1. The number of rotatable bonds is 5. The van der Waals surface area contributed by atoms with E-state index >= 15 is 0 Å². The molecule has 2 unspecified atom stereocenters. The van der Waals surface area contributed by atoms with Crippen LogP contribution in [0.2, 0.25) is 0 Å². The summed E-state index contributed by atoms with van der Waals surface area (Å²) in [5.41, 5.74) is 3.17. The van der Waals surface area contributed by atoms with Gasteiger partial charge in [-0.3, -0.25) is 0 Å². The molecule has 0 aliphatic carbocycles. The number of amides is 2. The molecule has 0 saturated carbocycles. The normalized spacial score (nSPS) is 19.9. The number of carbonyl (C=O) groups excluding carboxylic acids is 1. The van der Waals surface area contributed by atoms with E-state index in [1.165, 1.54) is 10.6 Å². The van der Waals surface area contributed by atoms with Crippen LogP contribution in [0.15, 0.2) is 24.3 Å². The van der Waals surface area contributed by atoms with Crippen LogP contribution in [0.25, 0.3) is 11.4 Å². The van der Waals surface area contributed by atoms with Crippen molar-refractivity contribution in [1.82, 2.24) is 19.6 Å². The number of halogens is 1. The summed E-state index contributed by atoms with van der Waals surface area (Å²) in [5.74, 6) is 1.38. The number of hydrogen-bond acceptors (Lipinski definition) is 7. The number of nitrogens with zero attached hydrogens (tertiary/aromatic N) is 4. The molecule has 0 bridgehead atoms. The van der Waals surface area contributed by atoms with Crippen LogP contribution in [0, 0.1) is 0 Å². The van der Waals surface area contributed by atoms with Gasteiger partial charge in [-0.25, -0.2) is 23.2 Å². The highest BCUT2D eigenvalue weighted by Gasteiger charge is 2.31. The second-order valence-corrected chi connectivity index (χ2v) is 12.4. The number of aromatic nitrogens is 2. The van der Waals surface area contributed by atoms with Crippen molar-refractivity contribution in [3.63, 3.8) is 0 Å². The molecule has 184 valence electrons. The van der Waals surface area contributed by atoms with Crippen molar-refractivity contribution in [2.24, 2.45) is 0 Å². The molecule has 4 rings (SSSR count). The number of hydrogen-bond donors (Lipinski definition) is 2. The van der Waals surface area contributed by atoms with Crippen molar-refractivity contribution in [2.75, 3.05) is 42.8 Å². The number of ether oxygens (including phenoxy) is 1. The first-order chi connectivity index (χ1) is 16.1. The second kappa shape index (κ2) is 10.3. The minimum atomic E-state index is -3.33.